The van der Waals surface area contributed by atoms with E-state index >= 15 is 0 Å². The Hall–Kier alpha value is -1.17. The van der Waals surface area contributed by atoms with Gasteiger partial charge in [-0.25, -0.2) is 0 Å². The van der Waals surface area contributed by atoms with E-state index in [4.69, 9.17) is 11.6 Å². The predicted octanol–water partition coefficient (Wildman–Crippen LogP) is 0.0998. The summed E-state index contributed by atoms with van der Waals surface area (Å²) in [7, 11) is 1.61. The van der Waals surface area contributed by atoms with Gasteiger partial charge in [0.15, 0.2) is 0 Å². The van der Waals surface area contributed by atoms with Crippen molar-refractivity contribution in [3.05, 3.63) is 5.82 Å². The fourth-order valence-electron chi connectivity index (χ4n) is 1.69. The van der Waals surface area contributed by atoms with Gasteiger partial charge in [0.05, 0.1) is 12.4 Å². The molecule has 1 aliphatic rings. The van der Waals surface area contributed by atoms with Crippen molar-refractivity contribution in [1.82, 2.24) is 25.5 Å². The fraction of sp³-hybridized carbons (Fsp3) is 0.750. The van der Waals surface area contributed by atoms with E-state index in [9.17, 15) is 4.79 Å². The molecule has 0 aromatic carbocycles. The van der Waals surface area contributed by atoms with Crippen LogP contribution in [0.15, 0.2) is 0 Å². The second kappa shape index (κ2) is 4.14. The molecule has 2 rings (SSSR count). The Morgan fingerprint density at radius 3 is 2.93 bits per heavy atom. The number of aromatic nitrogens is 4. The van der Waals surface area contributed by atoms with Crippen molar-refractivity contribution in [2.45, 2.75) is 30.7 Å². The van der Waals surface area contributed by atoms with Crippen LogP contribution in [0.25, 0.3) is 0 Å². The average Bonchev–Trinajstić information content (AvgIpc) is 2.77. The minimum Gasteiger partial charge on any atom is -0.345 e. The van der Waals surface area contributed by atoms with Crippen LogP contribution in [-0.2, 0) is 7.05 Å². The monoisotopic (exact) mass is 229 g/mol. The van der Waals surface area contributed by atoms with Gasteiger partial charge < -0.3 is 5.32 Å². The van der Waals surface area contributed by atoms with Crippen LogP contribution in [0.3, 0.4) is 0 Å². The van der Waals surface area contributed by atoms with E-state index < -0.39 is 0 Å². The topological polar surface area (TPSA) is 72.7 Å². The first-order chi connectivity index (χ1) is 7.16. The number of nitrogens with zero attached hydrogens (tertiary/aromatic N) is 4. The molecular formula is C8H12ClN5O. The first-order valence-electron chi connectivity index (χ1n) is 4.86. The second-order valence-corrected chi connectivity index (χ2v) is 4.19. The van der Waals surface area contributed by atoms with Gasteiger partial charge in [-0.05, 0) is 24.5 Å². The normalized spacial score (nSPS) is 25.5. The lowest BCUT2D eigenvalue weighted by atomic mass is 10.2. The summed E-state index contributed by atoms with van der Waals surface area (Å²) in [6, 6.07) is 0.0305. The second-order valence-electron chi connectivity index (χ2n) is 3.63. The van der Waals surface area contributed by atoms with Gasteiger partial charge in [-0.3, -0.25) is 4.79 Å². The molecular weight excluding hydrogens is 218 g/mol. The lowest BCUT2D eigenvalue weighted by Gasteiger charge is -2.13. The van der Waals surface area contributed by atoms with Gasteiger partial charge in [-0.1, -0.05) is 0 Å². The minimum atomic E-state index is -0.305. The quantitative estimate of drug-likeness (QED) is 0.730. The van der Waals surface area contributed by atoms with E-state index in [2.05, 4.69) is 20.7 Å². The molecule has 1 aromatic heterocycles. The first-order valence-corrected chi connectivity index (χ1v) is 5.29. The third-order valence-electron chi connectivity index (χ3n) is 2.46. The number of hydrogen-bond acceptors (Lipinski definition) is 4. The van der Waals surface area contributed by atoms with Crippen LogP contribution in [-0.4, -0.2) is 37.5 Å². The summed E-state index contributed by atoms with van der Waals surface area (Å²) in [5.74, 6) is -0.214. The van der Waals surface area contributed by atoms with Crippen molar-refractivity contribution in [3.8, 4) is 0 Å². The number of carbonyl (C=O) groups excluding carboxylic acids is 1. The Morgan fingerprint density at radius 2 is 2.40 bits per heavy atom. The number of alkyl halides is 1. The maximum atomic E-state index is 11.6. The van der Waals surface area contributed by atoms with Gasteiger partial charge in [-0.2, -0.15) is 4.80 Å². The minimum absolute atomic E-state index is 0.0191. The highest BCUT2D eigenvalue weighted by Crippen LogP contribution is 2.23. The number of rotatable bonds is 2. The van der Waals surface area contributed by atoms with Crippen molar-refractivity contribution in [2.24, 2.45) is 7.05 Å². The largest absolute Gasteiger partial charge is 0.345 e. The molecule has 0 aliphatic heterocycles. The molecule has 2 unspecified atom stereocenters. The summed E-state index contributed by atoms with van der Waals surface area (Å²) in [5.41, 5.74) is 0. The molecule has 1 N–H and O–H groups in total. The zero-order valence-electron chi connectivity index (χ0n) is 8.35. The number of tetrazole rings is 1. The number of amides is 1. The fourth-order valence-corrected chi connectivity index (χ4v) is 2.03. The Bertz CT molecular complexity index is 366. The van der Waals surface area contributed by atoms with Crippen molar-refractivity contribution < 1.29 is 4.79 Å². The van der Waals surface area contributed by atoms with E-state index in [1.807, 2.05) is 0 Å². The molecule has 1 aliphatic carbocycles. The number of halogens is 1. The predicted molar refractivity (Wildman–Crippen MR) is 53.5 cm³/mol. The van der Waals surface area contributed by atoms with Gasteiger partial charge in [0.1, 0.15) is 0 Å². The molecule has 1 heterocycles. The standard InChI is InChI=1S/C8H12ClN5O/c1-14-12-7(11-13-14)8(15)10-6-4-2-3-5(6)9/h5-6H,2-4H2,1H3,(H,10,15). The Morgan fingerprint density at radius 1 is 1.60 bits per heavy atom. The van der Waals surface area contributed by atoms with E-state index in [0.717, 1.165) is 19.3 Å². The SMILES string of the molecule is Cn1nnc(C(=O)NC2CCCC2Cl)n1. The molecule has 15 heavy (non-hydrogen) atoms. The Kier molecular flexibility index (Phi) is 2.86. The number of aryl methyl sites for hydroxylation is 1. The lowest BCUT2D eigenvalue weighted by molar-refractivity contribution is 0.0927. The highest BCUT2D eigenvalue weighted by atomic mass is 35.5. The van der Waals surface area contributed by atoms with Crippen LogP contribution in [0.4, 0.5) is 0 Å². The Balaban J connectivity index is 1.97. The molecule has 0 saturated heterocycles. The van der Waals surface area contributed by atoms with E-state index in [1.54, 1.807) is 7.05 Å². The summed E-state index contributed by atoms with van der Waals surface area (Å²) in [5, 5.41) is 13.9. The molecule has 0 spiro atoms. The highest BCUT2D eigenvalue weighted by molar-refractivity contribution is 6.21. The Labute approximate surface area is 92.0 Å². The molecule has 1 aromatic rings. The van der Waals surface area contributed by atoms with E-state index in [-0.39, 0.29) is 23.2 Å². The molecule has 6 nitrogen and oxygen atoms in total. The third-order valence-corrected chi connectivity index (χ3v) is 2.98. The zero-order chi connectivity index (χ0) is 10.8. The molecule has 0 bridgehead atoms. The molecule has 0 radical (unpaired) electrons. The van der Waals surface area contributed by atoms with Crippen LogP contribution in [0.2, 0.25) is 0 Å². The molecule has 1 saturated carbocycles. The van der Waals surface area contributed by atoms with Gasteiger partial charge in [0.25, 0.3) is 11.7 Å². The van der Waals surface area contributed by atoms with Crippen LogP contribution in [0.5, 0.6) is 0 Å². The smallest absolute Gasteiger partial charge is 0.293 e. The van der Waals surface area contributed by atoms with E-state index in [1.165, 1.54) is 4.80 Å². The van der Waals surface area contributed by atoms with Gasteiger partial charge in [-0.15, -0.1) is 21.8 Å². The zero-order valence-corrected chi connectivity index (χ0v) is 9.11. The molecule has 1 fully saturated rings. The number of hydrogen-bond donors (Lipinski definition) is 1. The highest BCUT2D eigenvalue weighted by Gasteiger charge is 2.28. The average molecular weight is 230 g/mol. The van der Waals surface area contributed by atoms with Crippen molar-refractivity contribution in [1.29, 1.82) is 0 Å². The van der Waals surface area contributed by atoms with Gasteiger partial charge in [0.2, 0.25) is 0 Å². The van der Waals surface area contributed by atoms with Gasteiger partial charge in [0, 0.05) is 6.04 Å². The summed E-state index contributed by atoms with van der Waals surface area (Å²) in [6.45, 7) is 0. The number of nitrogens with one attached hydrogen (secondary N) is 1. The third kappa shape index (κ3) is 2.26. The lowest BCUT2D eigenvalue weighted by Crippen LogP contribution is -2.38. The molecule has 2 atom stereocenters. The summed E-state index contributed by atoms with van der Waals surface area (Å²) in [4.78, 5) is 12.9. The maximum Gasteiger partial charge on any atom is 0.293 e. The van der Waals surface area contributed by atoms with Crippen molar-refractivity contribution in [2.75, 3.05) is 0 Å². The summed E-state index contributed by atoms with van der Waals surface area (Å²) >= 11 is 6.04. The van der Waals surface area contributed by atoms with Crippen LogP contribution in [0, 0.1) is 0 Å². The molecule has 82 valence electrons. The van der Waals surface area contributed by atoms with Gasteiger partial charge >= 0.3 is 0 Å². The van der Waals surface area contributed by atoms with Crippen molar-refractivity contribution >= 4 is 17.5 Å². The van der Waals surface area contributed by atoms with E-state index in [0.29, 0.717) is 0 Å². The summed E-state index contributed by atoms with van der Waals surface area (Å²) < 4.78 is 0. The maximum absolute atomic E-state index is 11.6. The van der Waals surface area contributed by atoms with Crippen LogP contribution in [0.1, 0.15) is 29.9 Å². The van der Waals surface area contributed by atoms with Crippen LogP contribution >= 0.6 is 11.6 Å². The van der Waals surface area contributed by atoms with Crippen molar-refractivity contribution in [3.63, 3.8) is 0 Å². The first kappa shape index (κ1) is 10.4. The summed E-state index contributed by atoms with van der Waals surface area (Å²) in [6.07, 6.45) is 2.91. The molecule has 7 heteroatoms. The van der Waals surface area contributed by atoms with Crippen LogP contribution < -0.4 is 5.32 Å². The molecule has 1 amide bonds. The number of carbonyl (C=O) groups is 1.